The lowest BCUT2D eigenvalue weighted by Crippen LogP contribution is -2.11. The van der Waals surface area contributed by atoms with Gasteiger partial charge in [-0.25, -0.2) is 0 Å². The maximum absolute atomic E-state index is 12.2. The van der Waals surface area contributed by atoms with E-state index >= 15 is 0 Å². The van der Waals surface area contributed by atoms with Crippen molar-refractivity contribution in [3.63, 3.8) is 0 Å². The van der Waals surface area contributed by atoms with Gasteiger partial charge in [-0.15, -0.1) is 21.5 Å². The first-order valence-corrected chi connectivity index (χ1v) is 9.95. The number of benzene rings is 1. The Bertz CT molecular complexity index is 785. The Kier molecular flexibility index (Phi) is 5.84. The molecule has 0 saturated heterocycles. The molecule has 0 unspecified atom stereocenters. The number of amides is 1. The third-order valence-electron chi connectivity index (χ3n) is 2.97. The summed E-state index contributed by atoms with van der Waals surface area (Å²) in [4.78, 5) is 13.5. The molecule has 3 rings (SSSR count). The van der Waals surface area contributed by atoms with E-state index in [0.717, 1.165) is 15.8 Å². The smallest absolute Gasteiger partial charge is 0.257 e. The molecule has 0 radical (unpaired) electrons. The molecule has 0 aliphatic carbocycles. The molecule has 5 nitrogen and oxygen atoms in total. The quantitative estimate of drug-likeness (QED) is 0.484. The molecule has 3 aromatic rings. The summed E-state index contributed by atoms with van der Waals surface area (Å²) in [6.45, 7) is 2.52. The zero-order valence-electron chi connectivity index (χ0n) is 12.9. The predicted octanol–water partition coefficient (Wildman–Crippen LogP) is 4.54. The van der Waals surface area contributed by atoms with Crippen molar-refractivity contribution in [2.75, 3.05) is 11.9 Å². The first kappa shape index (κ1) is 16.9. The SMILES string of the molecule is CCOc1ccc(C(=O)Nc2nnc(SCc3cccs3)s2)cc1. The van der Waals surface area contributed by atoms with Crippen LogP contribution in [0.1, 0.15) is 22.2 Å². The fourth-order valence-corrected chi connectivity index (χ4v) is 4.40. The fraction of sp³-hybridized carbons (Fsp3) is 0.188. The molecule has 2 aromatic heterocycles. The van der Waals surface area contributed by atoms with Gasteiger partial charge in [0.05, 0.1) is 6.61 Å². The minimum absolute atomic E-state index is 0.205. The number of anilines is 1. The van der Waals surface area contributed by atoms with Crippen molar-refractivity contribution in [1.29, 1.82) is 0 Å². The van der Waals surface area contributed by atoms with E-state index in [0.29, 0.717) is 17.3 Å². The van der Waals surface area contributed by atoms with Crippen molar-refractivity contribution >= 4 is 45.5 Å². The zero-order valence-corrected chi connectivity index (χ0v) is 15.3. The van der Waals surface area contributed by atoms with E-state index in [1.807, 2.05) is 13.0 Å². The summed E-state index contributed by atoms with van der Waals surface area (Å²) in [5, 5.41) is 13.5. The lowest BCUT2D eigenvalue weighted by atomic mass is 10.2. The molecule has 0 bridgehead atoms. The average Bonchev–Trinajstić information content (AvgIpc) is 3.25. The zero-order chi connectivity index (χ0) is 16.8. The number of nitrogens with one attached hydrogen (secondary N) is 1. The molecule has 0 fully saturated rings. The predicted molar refractivity (Wildman–Crippen MR) is 99.4 cm³/mol. The van der Waals surface area contributed by atoms with Gasteiger partial charge in [-0.3, -0.25) is 10.1 Å². The normalized spacial score (nSPS) is 10.5. The summed E-state index contributed by atoms with van der Waals surface area (Å²) in [5.41, 5.74) is 0.557. The minimum Gasteiger partial charge on any atom is -0.494 e. The number of hydrogen-bond acceptors (Lipinski definition) is 7. The highest BCUT2D eigenvalue weighted by molar-refractivity contribution is 8.00. The molecule has 24 heavy (non-hydrogen) atoms. The van der Waals surface area contributed by atoms with Crippen molar-refractivity contribution in [2.24, 2.45) is 0 Å². The number of hydrogen-bond donors (Lipinski definition) is 1. The molecule has 124 valence electrons. The van der Waals surface area contributed by atoms with Gasteiger partial charge in [0, 0.05) is 16.2 Å². The topological polar surface area (TPSA) is 64.1 Å². The van der Waals surface area contributed by atoms with Crippen molar-refractivity contribution < 1.29 is 9.53 Å². The molecule has 1 aromatic carbocycles. The fourth-order valence-electron chi connectivity index (χ4n) is 1.88. The number of ether oxygens (including phenoxy) is 1. The second kappa shape index (κ2) is 8.27. The summed E-state index contributed by atoms with van der Waals surface area (Å²) >= 11 is 4.71. The highest BCUT2D eigenvalue weighted by atomic mass is 32.2. The molecule has 0 aliphatic heterocycles. The number of nitrogens with zero attached hydrogens (tertiary/aromatic N) is 2. The average molecular weight is 378 g/mol. The maximum Gasteiger partial charge on any atom is 0.257 e. The summed E-state index contributed by atoms with van der Waals surface area (Å²) < 4.78 is 6.20. The van der Waals surface area contributed by atoms with E-state index in [9.17, 15) is 4.79 Å². The lowest BCUT2D eigenvalue weighted by molar-refractivity contribution is 0.102. The van der Waals surface area contributed by atoms with Crippen molar-refractivity contribution in [3.05, 3.63) is 52.2 Å². The lowest BCUT2D eigenvalue weighted by Gasteiger charge is -2.04. The number of carbonyl (C=O) groups is 1. The molecular weight excluding hydrogens is 362 g/mol. The third-order valence-corrected chi connectivity index (χ3v) is 6.05. The molecule has 0 saturated carbocycles. The monoisotopic (exact) mass is 377 g/mol. The van der Waals surface area contributed by atoms with Gasteiger partial charge in [0.2, 0.25) is 5.13 Å². The Morgan fingerprint density at radius 1 is 1.25 bits per heavy atom. The Morgan fingerprint density at radius 3 is 2.79 bits per heavy atom. The van der Waals surface area contributed by atoms with Crippen LogP contribution in [0, 0.1) is 0 Å². The van der Waals surface area contributed by atoms with Gasteiger partial charge in [0.1, 0.15) is 5.75 Å². The largest absolute Gasteiger partial charge is 0.494 e. The van der Waals surface area contributed by atoms with Crippen molar-refractivity contribution in [1.82, 2.24) is 10.2 Å². The first-order valence-electron chi connectivity index (χ1n) is 7.27. The second-order valence-electron chi connectivity index (χ2n) is 4.65. The highest BCUT2D eigenvalue weighted by Crippen LogP contribution is 2.29. The number of rotatable bonds is 7. The molecule has 1 amide bonds. The number of carbonyl (C=O) groups excluding carboxylic acids is 1. The Morgan fingerprint density at radius 2 is 2.08 bits per heavy atom. The van der Waals surface area contributed by atoms with Gasteiger partial charge in [0.25, 0.3) is 5.91 Å². The molecule has 0 atom stereocenters. The Balaban J connectivity index is 1.56. The van der Waals surface area contributed by atoms with Crippen LogP contribution in [0.5, 0.6) is 5.75 Å². The van der Waals surface area contributed by atoms with E-state index in [4.69, 9.17) is 4.74 Å². The van der Waals surface area contributed by atoms with Crippen LogP contribution in [-0.2, 0) is 5.75 Å². The summed E-state index contributed by atoms with van der Waals surface area (Å²) in [5.74, 6) is 1.40. The minimum atomic E-state index is -0.205. The highest BCUT2D eigenvalue weighted by Gasteiger charge is 2.11. The van der Waals surface area contributed by atoms with Crippen LogP contribution in [-0.4, -0.2) is 22.7 Å². The third kappa shape index (κ3) is 4.56. The van der Waals surface area contributed by atoms with Crippen LogP contribution in [0.25, 0.3) is 0 Å². The van der Waals surface area contributed by atoms with Gasteiger partial charge >= 0.3 is 0 Å². The van der Waals surface area contributed by atoms with Crippen LogP contribution in [0.3, 0.4) is 0 Å². The van der Waals surface area contributed by atoms with Crippen molar-refractivity contribution in [2.45, 2.75) is 17.0 Å². The van der Waals surface area contributed by atoms with E-state index in [1.54, 1.807) is 47.4 Å². The van der Waals surface area contributed by atoms with Gasteiger partial charge < -0.3 is 4.74 Å². The van der Waals surface area contributed by atoms with Crippen molar-refractivity contribution in [3.8, 4) is 5.75 Å². The van der Waals surface area contributed by atoms with E-state index in [2.05, 4.69) is 27.0 Å². The van der Waals surface area contributed by atoms with Crippen LogP contribution in [0.15, 0.2) is 46.1 Å². The van der Waals surface area contributed by atoms with E-state index in [-0.39, 0.29) is 5.91 Å². The van der Waals surface area contributed by atoms with E-state index in [1.165, 1.54) is 16.2 Å². The molecule has 0 aliphatic rings. The second-order valence-corrected chi connectivity index (χ2v) is 7.88. The van der Waals surface area contributed by atoms with Crippen LogP contribution >= 0.6 is 34.4 Å². The van der Waals surface area contributed by atoms with Gasteiger partial charge in [-0.2, -0.15) is 0 Å². The number of thiophene rings is 1. The van der Waals surface area contributed by atoms with Gasteiger partial charge in [0.15, 0.2) is 4.34 Å². The molecule has 8 heteroatoms. The van der Waals surface area contributed by atoms with Gasteiger partial charge in [-0.05, 0) is 42.6 Å². The molecular formula is C16H15N3O2S3. The Hall–Kier alpha value is -1.90. The molecule has 2 heterocycles. The van der Waals surface area contributed by atoms with Crippen LogP contribution in [0.4, 0.5) is 5.13 Å². The van der Waals surface area contributed by atoms with Crippen LogP contribution in [0.2, 0.25) is 0 Å². The van der Waals surface area contributed by atoms with Crippen LogP contribution < -0.4 is 10.1 Å². The van der Waals surface area contributed by atoms with Gasteiger partial charge in [-0.1, -0.05) is 29.2 Å². The Labute approximate surface area is 152 Å². The maximum atomic E-state index is 12.2. The summed E-state index contributed by atoms with van der Waals surface area (Å²) in [7, 11) is 0. The first-order chi connectivity index (χ1) is 11.7. The molecule has 1 N–H and O–H groups in total. The standard InChI is InChI=1S/C16H15N3O2S3/c1-2-21-12-7-5-11(6-8-12)14(20)17-15-18-19-16(24-15)23-10-13-4-3-9-22-13/h3-9H,2,10H2,1H3,(H,17,18,20). The summed E-state index contributed by atoms with van der Waals surface area (Å²) in [6.07, 6.45) is 0. The van der Waals surface area contributed by atoms with E-state index < -0.39 is 0 Å². The molecule has 0 spiro atoms. The summed E-state index contributed by atoms with van der Waals surface area (Å²) in [6, 6.07) is 11.1. The number of thioether (sulfide) groups is 1. The number of aromatic nitrogens is 2.